The van der Waals surface area contributed by atoms with E-state index in [0.29, 0.717) is 41.9 Å². The van der Waals surface area contributed by atoms with E-state index >= 15 is 0 Å². The molecule has 1 fully saturated rings. The zero-order chi connectivity index (χ0) is 19.4. The Morgan fingerprint density at radius 1 is 1.26 bits per heavy atom. The molecule has 1 atom stereocenters. The van der Waals surface area contributed by atoms with Crippen LogP contribution in [0.4, 0.5) is 17.5 Å². The lowest BCUT2D eigenvalue weighted by Crippen LogP contribution is -2.36. The molecule has 146 valence electrons. The maximum atomic E-state index is 11.8. The third-order valence-electron chi connectivity index (χ3n) is 4.58. The van der Waals surface area contributed by atoms with Gasteiger partial charge in [0.15, 0.2) is 9.84 Å². The summed E-state index contributed by atoms with van der Waals surface area (Å²) in [6.45, 7) is 2.66. The first-order chi connectivity index (χ1) is 13.0. The number of rotatable bonds is 7. The lowest BCUT2D eigenvalue weighted by molar-refractivity contribution is 0.395. The summed E-state index contributed by atoms with van der Waals surface area (Å²) in [6, 6.07) is 7.16. The van der Waals surface area contributed by atoms with Crippen LogP contribution in [0.5, 0.6) is 11.5 Å². The fraction of sp³-hybridized carbons (Fsp3) is 0.444. The van der Waals surface area contributed by atoms with Gasteiger partial charge in [0.25, 0.3) is 0 Å². The van der Waals surface area contributed by atoms with Gasteiger partial charge in [0.1, 0.15) is 17.3 Å². The van der Waals surface area contributed by atoms with Gasteiger partial charge in [-0.1, -0.05) is 0 Å². The molecule has 3 rings (SSSR count). The summed E-state index contributed by atoms with van der Waals surface area (Å²) in [6.07, 6.45) is 2.28. The average Bonchev–Trinajstić information content (AvgIpc) is 3.02. The van der Waals surface area contributed by atoms with Crippen LogP contribution >= 0.6 is 0 Å². The van der Waals surface area contributed by atoms with Gasteiger partial charge in [0.2, 0.25) is 5.95 Å². The van der Waals surface area contributed by atoms with Gasteiger partial charge in [0, 0.05) is 24.8 Å². The molecule has 27 heavy (non-hydrogen) atoms. The Morgan fingerprint density at radius 3 is 2.70 bits per heavy atom. The van der Waals surface area contributed by atoms with Gasteiger partial charge in [-0.3, -0.25) is 0 Å². The smallest absolute Gasteiger partial charge is 0.229 e. The Bertz CT molecular complexity index is 904. The van der Waals surface area contributed by atoms with Crippen molar-refractivity contribution in [3.05, 3.63) is 30.5 Å². The molecule has 1 aliphatic heterocycles. The van der Waals surface area contributed by atoms with Gasteiger partial charge in [-0.15, -0.1) is 0 Å². The Hall–Kier alpha value is -2.55. The van der Waals surface area contributed by atoms with Gasteiger partial charge in [-0.2, -0.15) is 4.98 Å². The number of ether oxygens (including phenoxy) is 2. The largest absolute Gasteiger partial charge is 0.497 e. The van der Waals surface area contributed by atoms with Crippen molar-refractivity contribution in [3.8, 4) is 11.5 Å². The van der Waals surface area contributed by atoms with Crippen LogP contribution in [-0.2, 0) is 9.84 Å². The number of sulfone groups is 1. The third-order valence-corrected chi connectivity index (χ3v) is 6.33. The monoisotopic (exact) mass is 392 g/mol. The normalized spacial score (nSPS) is 18.1. The molecule has 0 bridgehead atoms. The molecule has 1 aromatic carbocycles. The van der Waals surface area contributed by atoms with Gasteiger partial charge in [0.05, 0.1) is 31.4 Å². The van der Waals surface area contributed by atoms with Crippen LogP contribution in [0.2, 0.25) is 0 Å². The maximum Gasteiger partial charge on any atom is 0.229 e. The topological polar surface area (TPSA) is 93.7 Å². The van der Waals surface area contributed by atoms with E-state index in [0.717, 1.165) is 0 Å². The molecular formula is C18H24N4O4S. The quantitative estimate of drug-likeness (QED) is 0.767. The summed E-state index contributed by atoms with van der Waals surface area (Å²) in [5.74, 6) is 2.80. The second-order valence-electron chi connectivity index (χ2n) is 6.27. The van der Waals surface area contributed by atoms with Crippen LogP contribution in [-0.4, -0.2) is 56.7 Å². The van der Waals surface area contributed by atoms with E-state index in [2.05, 4.69) is 15.3 Å². The molecule has 2 heterocycles. The standard InChI is InChI=1S/C18H24N4O4S/c1-4-22(13-8-10-27(23,24)12-13)17-7-9-19-18(21-17)20-15-6-5-14(25-2)11-16(15)26-3/h5-7,9,11,13H,4,8,10,12H2,1-3H3,(H,19,20,21). The Kier molecular flexibility index (Phi) is 5.69. The summed E-state index contributed by atoms with van der Waals surface area (Å²) in [5.41, 5.74) is 0.710. The van der Waals surface area contributed by atoms with Crippen LogP contribution < -0.4 is 19.7 Å². The van der Waals surface area contributed by atoms with E-state index in [1.54, 1.807) is 32.5 Å². The van der Waals surface area contributed by atoms with Crippen molar-refractivity contribution in [1.29, 1.82) is 0 Å². The maximum absolute atomic E-state index is 11.8. The average molecular weight is 392 g/mol. The van der Waals surface area contributed by atoms with Crippen molar-refractivity contribution in [2.24, 2.45) is 0 Å². The molecule has 1 aliphatic rings. The number of benzene rings is 1. The van der Waals surface area contributed by atoms with Crippen LogP contribution in [0.1, 0.15) is 13.3 Å². The lowest BCUT2D eigenvalue weighted by Gasteiger charge is -2.28. The molecule has 9 heteroatoms. The fourth-order valence-corrected chi connectivity index (χ4v) is 4.95. The summed E-state index contributed by atoms with van der Waals surface area (Å²) >= 11 is 0. The highest BCUT2D eigenvalue weighted by molar-refractivity contribution is 7.91. The fourth-order valence-electron chi connectivity index (χ4n) is 3.22. The van der Waals surface area contributed by atoms with Crippen LogP contribution in [0, 0.1) is 0 Å². The number of aromatic nitrogens is 2. The third kappa shape index (κ3) is 4.41. The van der Waals surface area contributed by atoms with Crippen LogP contribution in [0.25, 0.3) is 0 Å². The molecule has 1 saturated heterocycles. The number of nitrogens with zero attached hydrogens (tertiary/aromatic N) is 3. The van der Waals surface area contributed by atoms with Gasteiger partial charge in [-0.05, 0) is 31.5 Å². The molecule has 0 aliphatic carbocycles. The minimum atomic E-state index is -2.96. The summed E-state index contributed by atoms with van der Waals surface area (Å²) in [5, 5.41) is 3.15. The van der Waals surface area contributed by atoms with E-state index in [9.17, 15) is 8.42 Å². The van der Waals surface area contributed by atoms with Crippen molar-refractivity contribution in [2.45, 2.75) is 19.4 Å². The first kappa shape index (κ1) is 19.2. The van der Waals surface area contributed by atoms with Gasteiger partial charge in [-0.25, -0.2) is 13.4 Å². The lowest BCUT2D eigenvalue weighted by atomic mass is 10.2. The van der Waals surface area contributed by atoms with Crippen molar-refractivity contribution in [1.82, 2.24) is 9.97 Å². The number of anilines is 3. The van der Waals surface area contributed by atoms with Crippen molar-refractivity contribution in [2.75, 3.05) is 42.5 Å². The molecule has 0 amide bonds. The molecule has 1 unspecified atom stereocenters. The van der Waals surface area contributed by atoms with Crippen molar-refractivity contribution < 1.29 is 17.9 Å². The second kappa shape index (κ2) is 7.99. The molecular weight excluding hydrogens is 368 g/mol. The predicted octanol–water partition coefficient (Wildman–Crippen LogP) is 2.25. The number of hydrogen-bond donors (Lipinski definition) is 1. The van der Waals surface area contributed by atoms with E-state index in [4.69, 9.17) is 9.47 Å². The van der Waals surface area contributed by atoms with Crippen LogP contribution in [0.15, 0.2) is 30.5 Å². The summed E-state index contributed by atoms with van der Waals surface area (Å²) in [4.78, 5) is 10.9. The number of nitrogens with one attached hydrogen (secondary N) is 1. The molecule has 8 nitrogen and oxygen atoms in total. The van der Waals surface area contributed by atoms with Crippen molar-refractivity contribution in [3.63, 3.8) is 0 Å². The van der Waals surface area contributed by atoms with E-state index < -0.39 is 9.84 Å². The minimum absolute atomic E-state index is 0.0572. The molecule has 1 aromatic heterocycles. The number of hydrogen-bond acceptors (Lipinski definition) is 8. The highest BCUT2D eigenvalue weighted by atomic mass is 32.2. The first-order valence-electron chi connectivity index (χ1n) is 8.75. The highest BCUT2D eigenvalue weighted by Crippen LogP contribution is 2.31. The Morgan fingerprint density at radius 2 is 2.07 bits per heavy atom. The molecule has 1 N–H and O–H groups in total. The Labute approximate surface area is 159 Å². The highest BCUT2D eigenvalue weighted by Gasteiger charge is 2.32. The van der Waals surface area contributed by atoms with E-state index in [1.807, 2.05) is 24.0 Å². The molecule has 0 spiro atoms. The van der Waals surface area contributed by atoms with E-state index in [1.165, 1.54) is 0 Å². The zero-order valence-electron chi connectivity index (χ0n) is 15.7. The zero-order valence-corrected chi connectivity index (χ0v) is 16.5. The first-order valence-corrected chi connectivity index (χ1v) is 10.6. The van der Waals surface area contributed by atoms with Crippen LogP contribution in [0.3, 0.4) is 0 Å². The SMILES string of the molecule is CCN(c1ccnc(Nc2ccc(OC)cc2OC)n1)C1CCS(=O)(=O)C1. The molecule has 2 aromatic rings. The molecule has 0 saturated carbocycles. The van der Waals surface area contributed by atoms with Gasteiger partial charge < -0.3 is 19.7 Å². The molecule has 0 radical (unpaired) electrons. The van der Waals surface area contributed by atoms with E-state index in [-0.39, 0.29) is 17.5 Å². The Balaban J connectivity index is 1.83. The van der Waals surface area contributed by atoms with Crippen molar-refractivity contribution >= 4 is 27.3 Å². The second-order valence-corrected chi connectivity index (χ2v) is 8.50. The summed E-state index contributed by atoms with van der Waals surface area (Å²) < 4.78 is 34.2. The van der Waals surface area contributed by atoms with Gasteiger partial charge >= 0.3 is 0 Å². The minimum Gasteiger partial charge on any atom is -0.497 e. The predicted molar refractivity (Wildman–Crippen MR) is 105 cm³/mol. The summed E-state index contributed by atoms with van der Waals surface area (Å²) in [7, 11) is 0.212. The number of methoxy groups -OCH3 is 2.